The summed E-state index contributed by atoms with van der Waals surface area (Å²) in [6, 6.07) is 7.69. The summed E-state index contributed by atoms with van der Waals surface area (Å²) in [5.41, 5.74) is 1.57. The van der Waals surface area contributed by atoms with E-state index >= 15 is 0 Å². The third-order valence-corrected chi connectivity index (χ3v) is 4.40. The predicted octanol–water partition coefficient (Wildman–Crippen LogP) is 3.78. The van der Waals surface area contributed by atoms with E-state index in [1.165, 1.54) is 0 Å². The van der Waals surface area contributed by atoms with Crippen molar-refractivity contribution in [3.8, 4) is 0 Å². The number of nitrogens with zero attached hydrogens (tertiary/aromatic N) is 2. The monoisotopic (exact) mass is 384 g/mol. The molecule has 1 heterocycles. The van der Waals surface area contributed by atoms with Crippen molar-refractivity contribution in [1.82, 2.24) is 9.80 Å². The van der Waals surface area contributed by atoms with Crippen LogP contribution in [0.15, 0.2) is 24.3 Å². The molecule has 1 atom stereocenters. The summed E-state index contributed by atoms with van der Waals surface area (Å²) < 4.78 is 38.8. The van der Waals surface area contributed by atoms with Gasteiger partial charge in [0.05, 0.1) is 5.92 Å². The number of likely N-dealkylation sites (tertiary alicyclic amines) is 1. The van der Waals surface area contributed by atoms with E-state index < -0.39 is 30.0 Å². The Morgan fingerprint density at radius 2 is 1.74 bits per heavy atom. The summed E-state index contributed by atoms with van der Waals surface area (Å²) in [5.74, 6) is -1.52. The Hall–Kier alpha value is -2.05. The lowest BCUT2D eigenvalue weighted by atomic mass is 9.95. The van der Waals surface area contributed by atoms with Gasteiger partial charge in [0.25, 0.3) is 0 Å². The van der Waals surface area contributed by atoms with E-state index in [2.05, 4.69) is 0 Å². The molecule has 0 spiro atoms. The molecule has 1 aliphatic heterocycles. The van der Waals surface area contributed by atoms with Crippen LogP contribution >= 0.6 is 0 Å². The van der Waals surface area contributed by atoms with Crippen molar-refractivity contribution in [1.29, 1.82) is 0 Å². The maximum absolute atomic E-state index is 12.9. The van der Waals surface area contributed by atoms with Crippen LogP contribution in [0, 0.1) is 18.3 Å². The number of amides is 2. The maximum atomic E-state index is 12.9. The normalized spacial score (nSPS) is 18.1. The van der Waals surface area contributed by atoms with Crippen LogP contribution < -0.4 is 0 Å². The minimum atomic E-state index is -4.47. The first-order valence-corrected chi connectivity index (χ1v) is 9.03. The van der Waals surface area contributed by atoms with Gasteiger partial charge in [-0.1, -0.05) is 50.6 Å². The summed E-state index contributed by atoms with van der Waals surface area (Å²) in [5, 5.41) is 0. The number of halogens is 3. The molecule has 2 rings (SSSR count). The van der Waals surface area contributed by atoms with Gasteiger partial charge >= 0.3 is 6.18 Å². The lowest BCUT2D eigenvalue weighted by molar-refractivity contribution is -0.165. The van der Waals surface area contributed by atoms with Crippen molar-refractivity contribution in [2.75, 3.05) is 19.6 Å². The fourth-order valence-electron chi connectivity index (χ4n) is 3.26. The quantitative estimate of drug-likeness (QED) is 0.775. The second-order valence-corrected chi connectivity index (χ2v) is 8.53. The number of carbonyl (C=O) groups excluding carboxylic acids is 2. The Labute approximate surface area is 158 Å². The molecular weight excluding hydrogens is 357 g/mol. The van der Waals surface area contributed by atoms with Crippen molar-refractivity contribution in [2.45, 2.75) is 46.8 Å². The SMILES string of the molecule is Cc1ccc(CN2CC(C(=O)N(CC(C)(C)C)CC(F)(F)F)CC2=O)cc1. The molecule has 1 aliphatic rings. The molecule has 2 amide bonds. The van der Waals surface area contributed by atoms with Crippen LogP contribution in [-0.2, 0) is 16.1 Å². The summed E-state index contributed by atoms with van der Waals surface area (Å²) in [7, 11) is 0. The number of carbonyl (C=O) groups is 2. The van der Waals surface area contributed by atoms with Gasteiger partial charge in [-0.15, -0.1) is 0 Å². The molecule has 0 saturated carbocycles. The number of aryl methyl sites for hydroxylation is 1. The zero-order valence-electron chi connectivity index (χ0n) is 16.3. The first-order valence-electron chi connectivity index (χ1n) is 9.03. The molecule has 27 heavy (non-hydrogen) atoms. The van der Waals surface area contributed by atoms with E-state index in [1.54, 1.807) is 25.7 Å². The molecule has 0 aromatic heterocycles. The molecular formula is C20H27F3N2O2. The molecule has 4 nitrogen and oxygen atoms in total. The summed E-state index contributed by atoms with van der Waals surface area (Å²) in [6.45, 7) is 6.54. The fourth-order valence-corrected chi connectivity index (χ4v) is 3.26. The van der Waals surface area contributed by atoms with Gasteiger partial charge in [-0.25, -0.2) is 0 Å². The second-order valence-electron chi connectivity index (χ2n) is 8.53. The van der Waals surface area contributed by atoms with Crippen molar-refractivity contribution in [2.24, 2.45) is 11.3 Å². The average Bonchev–Trinajstić information content (AvgIpc) is 2.86. The van der Waals surface area contributed by atoms with E-state index in [0.29, 0.717) is 6.54 Å². The van der Waals surface area contributed by atoms with Gasteiger partial charge in [0, 0.05) is 26.1 Å². The van der Waals surface area contributed by atoms with Crippen LogP contribution in [0.4, 0.5) is 13.2 Å². The van der Waals surface area contributed by atoms with Crippen LogP contribution in [0.2, 0.25) is 0 Å². The van der Waals surface area contributed by atoms with E-state index in [-0.39, 0.29) is 25.4 Å². The van der Waals surface area contributed by atoms with Crippen LogP contribution in [0.25, 0.3) is 0 Å². The van der Waals surface area contributed by atoms with E-state index in [0.717, 1.165) is 16.0 Å². The molecule has 1 fully saturated rings. The summed E-state index contributed by atoms with van der Waals surface area (Å²) >= 11 is 0. The zero-order valence-corrected chi connectivity index (χ0v) is 16.3. The minimum Gasteiger partial charge on any atom is -0.338 e. The highest BCUT2D eigenvalue weighted by Crippen LogP contribution is 2.27. The number of hydrogen-bond donors (Lipinski definition) is 0. The third-order valence-electron chi connectivity index (χ3n) is 4.40. The molecule has 1 saturated heterocycles. The number of rotatable bonds is 5. The fraction of sp³-hybridized carbons (Fsp3) is 0.600. The standard InChI is InChI=1S/C20H27F3N2O2/c1-14-5-7-15(8-6-14)10-24-11-16(9-17(24)26)18(27)25(12-19(2,3)4)13-20(21,22)23/h5-8,16H,9-13H2,1-4H3. The van der Waals surface area contributed by atoms with Gasteiger partial charge in [0.2, 0.25) is 11.8 Å². The average molecular weight is 384 g/mol. The van der Waals surface area contributed by atoms with Crippen molar-refractivity contribution >= 4 is 11.8 Å². The van der Waals surface area contributed by atoms with E-state index in [4.69, 9.17) is 0 Å². The molecule has 150 valence electrons. The van der Waals surface area contributed by atoms with Gasteiger partial charge in [0.15, 0.2) is 0 Å². The van der Waals surface area contributed by atoms with Crippen LogP contribution in [0.3, 0.4) is 0 Å². The highest BCUT2D eigenvalue weighted by atomic mass is 19.4. The van der Waals surface area contributed by atoms with Crippen LogP contribution in [0.1, 0.15) is 38.3 Å². The molecule has 1 unspecified atom stereocenters. The second kappa shape index (κ2) is 7.90. The Bertz CT molecular complexity index is 662. The van der Waals surface area contributed by atoms with Crippen molar-refractivity contribution in [3.63, 3.8) is 0 Å². The van der Waals surface area contributed by atoms with Gasteiger partial charge < -0.3 is 9.80 Å². The van der Waals surface area contributed by atoms with Gasteiger partial charge in [-0.2, -0.15) is 13.2 Å². The van der Waals surface area contributed by atoms with Crippen LogP contribution in [0.5, 0.6) is 0 Å². The summed E-state index contributed by atoms with van der Waals surface area (Å²) in [6.07, 6.45) is -4.51. The minimum absolute atomic E-state index is 0.00596. The zero-order chi connectivity index (χ0) is 20.4. The topological polar surface area (TPSA) is 40.6 Å². The van der Waals surface area contributed by atoms with E-state index in [9.17, 15) is 22.8 Å². The Morgan fingerprint density at radius 3 is 2.26 bits per heavy atom. The highest BCUT2D eigenvalue weighted by Gasteiger charge is 2.41. The van der Waals surface area contributed by atoms with Gasteiger partial charge in [-0.05, 0) is 17.9 Å². The van der Waals surface area contributed by atoms with Crippen molar-refractivity contribution in [3.05, 3.63) is 35.4 Å². The third kappa shape index (κ3) is 6.56. The largest absolute Gasteiger partial charge is 0.406 e. The van der Waals surface area contributed by atoms with Gasteiger partial charge in [0.1, 0.15) is 6.54 Å². The summed E-state index contributed by atoms with van der Waals surface area (Å²) in [4.78, 5) is 27.4. The first-order chi connectivity index (χ1) is 12.3. The molecule has 1 aromatic rings. The molecule has 7 heteroatoms. The highest BCUT2D eigenvalue weighted by molar-refractivity contribution is 5.89. The Morgan fingerprint density at radius 1 is 1.15 bits per heavy atom. The molecule has 0 aliphatic carbocycles. The molecule has 0 bridgehead atoms. The Kier molecular flexibility index (Phi) is 6.22. The lowest BCUT2D eigenvalue weighted by Crippen LogP contribution is -2.46. The smallest absolute Gasteiger partial charge is 0.338 e. The van der Waals surface area contributed by atoms with E-state index in [1.807, 2.05) is 31.2 Å². The number of alkyl halides is 3. The molecule has 0 N–H and O–H groups in total. The Balaban J connectivity index is 2.07. The predicted molar refractivity (Wildman–Crippen MR) is 96.8 cm³/mol. The number of hydrogen-bond acceptors (Lipinski definition) is 2. The van der Waals surface area contributed by atoms with Gasteiger partial charge in [-0.3, -0.25) is 9.59 Å². The lowest BCUT2D eigenvalue weighted by Gasteiger charge is -2.32. The van der Waals surface area contributed by atoms with Crippen molar-refractivity contribution < 1.29 is 22.8 Å². The maximum Gasteiger partial charge on any atom is 0.406 e. The number of benzene rings is 1. The van der Waals surface area contributed by atoms with Crippen LogP contribution in [-0.4, -0.2) is 47.4 Å². The first kappa shape index (κ1) is 21.3. The molecule has 1 aromatic carbocycles. The molecule has 0 radical (unpaired) electrons.